The number of aromatic hydroxyl groups is 1. The Balaban J connectivity index is 2.75. The molecule has 0 spiro atoms. The molecule has 1 amide bonds. The summed E-state index contributed by atoms with van der Waals surface area (Å²) in [6.45, 7) is 8.99. The van der Waals surface area contributed by atoms with Crippen molar-refractivity contribution in [2.45, 2.75) is 31.5 Å². The first-order chi connectivity index (χ1) is 9.28. The molecule has 0 heterocycles. The van der Waals surface area contributed by atoms with Gasteiger partial charge in [-0.15, -0.1) is 11.8 Å². The first kappa shape index (κ1) is 16.9. The van der Waals surface area contributed by atoms with Crippen LogP contribution in [0.25, 0.3) is 6.08 Å². The van der Waals surface area contributed by atoms with E-state index < -0.39 is 8.07 Å². The number of amides is 1. The van der Waals surface area contributed by atoms with Crippen molar-refractivity contribution in [2.24, 2.45) is 0 Å². The van der Waals surface area contributed by atoms with Gasteiger partial charge in [0.1, 0.15) is 5.75 Å². The van der Waals surface area contributed by atoms with Gasteiger partial charge in [0, 0.05) is 24.1 Å². The number of rotatable bonds is 6. The van der Waals surface area contributed by atoms with Crippen LogP contribution in [0.1, 0.15) is 12.5 Å². The van der Waals surface area contributed by atoms with Crippen LogP contribution < -0.4 is 5.32 Å². The maximum absolute atomic E-state index is 10.8. The second-order valence-electron chi connectivity index (χ2n) is 5.75. The monoisotopic (exact) mass is 309 g/mol. The van der Waals surface area contributed by atoms with Gasteiger partial charge in [0.15, 0.2) is 0 Å². The van der Waals surface area contributed by atoms with Crippen molar-refractivity contribution < 1.29 is 9.90 Å². The molecule has 0 unspecified atom stereocenters. The molecule has 0 aliphatic heterocycles. The standard InChI is InChI=1S/C15H23NO2SSi/c1-12(17)16-8-9-19-15-6-5-14(18)11-13(15)7-10-20(2,3)4/h5-7,10-11,18H,8-9H2,1-4H3,(H,16,17)/b10-7+. The number of carbonyl (C=O) groups excluding carboxylic acids is 1. The number of benzene rings is 1. The average Bonchev–Trinajstić information content (AvgIpc) is 2.32. The largest absolute Gasteiger partial charge is 0.508 e. The van der Waals surface area contributed by atoms with Crippen LogP contribution in [0.3, 0.4) is 0 Å². The number of nitrogens with one attached hydrogen (secondary N) is 1. The van der Waals surface area contributed by atoms with Crippen molar-refractivity contribution in [3.05, 3.63) is 29.5 Å². The molecule has 0 atom stereocenters. The van der Waals surface area contributed by atoms with Gasteiger partial charge in [0.05, 0.1) is 8.07 Å². The molecular weight excluding hydrogens is 286 g/mol. The van der Waals surface area contributed by atoms with Crippen molar-refractivity contribution in [2.75, 3.05) is 12.3 Å². The Bertz CT molecular complexity index is 495. The lowest BCUT2D eigenvalue weighted by Gasteiger charge is -2.11. The normalized spacial score (nSPS) is 11.8. The number of phenolic OH excluding ortho intramolecular Hbond substituents is 1. The first-order valence-electron chi connectivity index (χ1n) is 6.67. The zero-order valence-corrected chi connectivity index (χ0v) is 14.4. The van der Waals surface area contributed by atoms with E-state index in [1.165, 1.54) is 6.92 Å². The lowest BCUT2D eigenvalue weighted by atomic mass is 10.2. The zero-order valence-electron chi connectivity index (χ0n) is 12.6. The summed E-state index contributed by atoms with van der Waals surface area (Å²) < 4.78 is 0. The maximum Gasteiger partial charge on any atom is 0.216 e. The van der Waals surface area contributed by atoms with Gasteiger partial charge in [-0.2, -0.15) is 0 Å². The molecular formula is C15H23NO2SSi. The van der Waals surface area contributed by atoms with Crippen LogP contribution in [0.4, 0.5) is 0 Å². The van der Waals surface area contributed by atoms with E-state index in [4.69, 9.17) is 0 Å². The summed E-state index contributed by atoms with van der Waals surface area (Å²) in [6, 6.07) is 5.42. The Labute approximate surface area is 126 Å². The van der Waals surface area contributed by atoms with Crippen molar-refractivity contribution in [1.29, 1.82) is 0 Å². The van der Waals surface area contributed by atoms with Crippen LogP contribution in [0.2, 0.25) is 19.6 Å². The smallest absolute Gasteiger partial charge is 0.216 e. The van der Waals surface area contributed by atoms with Crippen LogP contribution in [0, 0.1) is 0 Å². The molecule has 1 aromatic carbocycles. The Morgan fingerprint density at radius 2 is 2.10 bits per heavy atom. The molecule has 0 bridgehead atoms. The van der Waals surface area contributed by atoms with Crippen LogP contribution in [0.5, 0.6) is 5.75 Å². The Morgan fingerprint density at radius 1 is 1.40 bits per heavy atom. The molecule has 20 heavy (non-hydrogen) atoms. The fourth-order valence-electron chi connectivity index (χ4n) is 1.53. The summed E-state index contributed by atoms with van der Waals surface area (Å²) in [5.74, 6) is 1.10. The highest BCUT2D eigenvalue weighted by Gasteiger charge is 2.08. The summed E-state index contributed by atoms with van der Waals surface area (Å²) in [7, 11) is -1.26. The minimum atomic E-state index is -1.26. The quantitative estimate of drug-likeness (QED) is 0.480. The molecule has 0 radical (unpaired) electrons. The average molecular weight is 310 g/mol. The van der Waals surface area contributed by atoms with Gasteiger partial charge in [0.25, 0.3) is 0 Å². The van der Waals surface area contributed by atoms with E-state index in [0.29, 0.717) is 6.54 Å². The zero-order chi connectivity index (χ0) is 15.2. The maximum atomic E-state index is 10.8. The number of phenols is 1. The molecule has 2 N–H and O–H groups in total. The van der Waals surface area contributed by atoms with E-state index in [9.17, 15) is 9.90 Å². The van der Waals surface area contributed by atoms with E-state index in [2.05, 4.69) is 36.7 Å². The molecule has 1 rings (SSSR count). The van der Waals surface area contributed by atoms with Gasteiger partial charge in [-0.3, -0.25) is 4.79 Å². The van der Waals surface area contributed by atoms with Gasteiger partial charge in [0.2, 0.25) is 5.91 Å². The first-order valence-corrected chi connectivity index (χ1v) is 11.2. The minimum absolute atomic E-state index is 0.00448. The topological polar surface area (TPSA) is 49.3 Å². The predicted molar refractivity (Wildman–Crippen MR) is 89.9 cm³/mol. The highest BCUT2D eigenvalue weighted by molar-refractivity contribution is 7.99. The number of thioether (sulfide) groups is 1. The van der Waals surface area contributed by atoms with E-state index >= 15 is 0 Å². The molecule has 3 nitrogen and oxygen atoms in total. The van der Waals surface area contributed by atoms with Gasteiger partial charge in [-0.25, -0.2) is 0 Å². The van der Waals surface area contributed by atoms with Crippen LogP contribution >= 0.6 is 11.8 Å². The lowest BCUT2D eigenvalue weighted by molar-refractivity contribution is -0.118. The number of carbonyl (C=O) groups is 1. The molecule has 5 heteroatoms. The fraction of sp³-hybridized carbons (Fsp3) is 0.400. The number of hydrogen-bond acceptors (Lipinski definition) is 3. The molecule has 0 aromatic heterocycles. The molecule has 0 saturated carbocycles. The second-order valence-corrected chi connectivity index (χ2v) is 12.0. The summed E-state index contributed by atoms with van der Waals surface area (Å²) >= 11 is 1.69. The third-order valence-electron chi connectivity index (χ3n) is 2.49. The van der Waals surface area contributed by atoms with Crippen molar-refractivity contribution in [1.82, 2.24) is 5.32 Å². The predicted octanol–water partition coefficient (Wildman–Crippen LogP) is 3.51. The lowest BCUT2D eigenvalue weighted by Crippen LogP contribution is -2.22. The van der Waals surface area contributed by atoms with Crippen LogP contribution in [-0.4, -0.2) is 31.4 Å². The molecule has 0 fully saturated rings. The Morgan fingerprint density at radius 3 is 2.70 bits per heavy atom. The highest BCUT2D eigenvalue weighted by atomic mass is 32.2. The third kappa shape index (κ3) is 6.82. The fourth-order valence-corrected chi connectivity index (χ4v) is 3.09. The third-order valence-corrected chi connectivity index (χ3v) is 4.75. The van der Waals surface area contributed by atoms with Crippen molar-refractivity contribution in [3.63, 3.8) is 0 Å². The molecule has 1 aromatic rings. The van der Waals surface area contributed by atoms with Crippen LogP contribution in [-0.2, 0) is 4.79 Å². The SMILES string of the molecule is CC(=O)NCCSc1ccc(O)cc1/C=C/[Si](C)(C)C. The van der Waals surface area contributed by atoms with Gasteiger partial charge < -0.3 is 10.4 Å². The van der Waals surface area contributed by atoms with Gasteiger partial charge in [-0.05, 0) is 23.8 Å². The molecule has 0 saturated heterocycles. The van der Waals surface area contributed by atoms with Gasteiger partial charge in [-0.1, -0.05) is 31.4 Å². The Hall–Kier alpha value is -1.20. The molecule has 110 valence electrons. The van der Waals surface area contributed by atoms with Crippen molar-refractivity contribution in [3.8, 4) is 5.75 Å². The summed E-state index contributed by atoms with van der Waals surface area (Å²) in [6.07, 6.45) is 2.10. The highest BCUT2D eigenvalue weighted by Crippen LogP contribution is 2.27. The summed E-state index contributed by atoms with van der Waals surface area (Å²) in [4.78, 5) is 11.9. The van der Waals surface area contributed by atoms with Crippen LogP contribution in [0.15, 0.2) is 28.8 Å². The molecule has 0 aliphatic carbocycles. The van der Waals surface area contributed by atoms with Gasteiger partial charge >= 0.3 is 0 Å². The minimum Gasteiger partial charge on any atom is -0.508 e. The summed E-state index contributed by atoms with van der Waals surface area (Å²) in [5, 5.41) is 12.4. The van der Waals surface area contributed by atoms with E-state index in [0.717, 1.165) is 16.2 Å². The molecule has 0 aliphatic rings. The van der Waals surface area contributed by atoms with E-state index in [-0.39, 0.29) is 11.7 Å². The van der Waals surface area contributed by atoms with E-state index in [1.54, 1.807) is 23.9 Å². The van der Waals surface area contributed by atoms with E-state index in [1.807, 2.05) is 6.07 Å². The Kier molecular flexibility index (Phi) is 6.36. The van der Waals surface area contributed by atoms with Crippen molar-refractivity contribution >= 4 is 31.8 Å². The number of hydrogen-bond donors (Lipinski definition) is 2. The second kappa shape index (κ2) is 7.55. The summed E-state index contributed by atoms with van der Waals surface area (Å²) in [5.41, 5.74) is 3.31.